The van der Waals surface area contributed by atoms with Crippen molar-refractivity contribution in [1.29, 1.82) is 0 Å². The van der Waals surface area contributed by atoms with E-state index in [0.29, 0.717) is 17.9 Å². The first-order valence-corrected chi connectivity index (χ1v) is 8.28. The van der Waals surface area contributed by atoms with Gasteiger partial charge in [-0.2, -0.15) is 9.61 Å². The molecule has 3 heterocycles. The molecule has 4 aromatic rings. The Balaban J connectivity index is 1.76. The number of carbonyl (C=O) groups excluding carboxylic acids is 1. The number of aromatic nitrogens is 5. The first-order chi connectivity index (χ1) is 12.7. The van der Waals surface area contributed by atoms with Crippen molar-refractivity contribution in [3.05, 3.63) is 60.9 Å². The molecule has 0 unspecified atom stereocenters. The molecule has 0 aliphatic carbocycles. The van der Waals surface area contributed by atoms with Crippen LogP contribution in [0.25, 0.3) is 28.3 Å². The van der Waals surface area contributed by atoms with E-state index in [1.54, 1.807) is 16.9 Å². The minimum Gasteiger partial charge on any atom is -0.326 e. The van der Waals surface area contributed by atoms with Gasteiger partial charge in [-0.25, -0.2) is 0 Å². The third kappa shape index (κ3) is 3.02. The van der Waals surface area contributed by atoms with Crippen LogP contribution in [0.15, 0.2) is 60.9 Å². The van der Waals surface area contributed by atoms with Crippen LogP contribution < -0.4 is 5.32 Å². The molecule has 128 valence electrons. The van der Waals surface area contributed by atoms with E-state index in [0.717, 1.165) is 22.5 Å². The summed E-state index contributed by atoms with van der Waals surface area (Å²) in [6.45, 7) is 1.82. The highest BCUT2D eigenvalue weighted by Crippen LogP contribution is 2.23. The number of benzene rings is 1. The summed E-state index contributed by atoms with van der Waals surface area (Å²) in [6, 6.07) is 15.1. The van der Waals surface area contributed by atoms with E-state index in [-0.39, 0.29) is 5.91 Å². The largest absolute Gasteiger partial charge is 0.326 e. The van der Waals surface area contributed by atoms with Gasteiger partial charge in [0.05, 0.1) is 5.69 Å². The number of pyridine rings is 1. The summed E-state index contributed by atoms with van der Waals surface area (Å²) < 4.78 is 1.70. The van der Waals surface area contributed by atoms with Gasteiger partial charge in [0, 0.05) is 35.6 Å². The van der Waals surface area contributed by atoms with E-state index >= 15 is 0 Å². The van der Waals surface area contributed by atoms with Crippen molar-refractivity contribution in [2.75, 3.05) is 5.32 Å². The number of nitrogens with zero attached hydrogens (tertiary/aromatic N) is 5. The summed E-state index contributed by atoms with van der Waals surface area (Å²) in [5.74, 6) is 0.605. The number of anilines is 1. The molecule has 0 saturated carbocycles. The van der Waals surface area contributed by atoms with Crippen molar-refractivity contribution >= 4 is 17.2 Å². The van der Waals surface area contributed by atoms with E-state index < -0.39 is 0 Å². The van der Waals surface area contributed by atoms with E-state index in [1.165, 1.54) is 0 Å². The number of nitrogens with one attached hydrogen (secondary N) is 1. The second-order valence-corrected chi connectivity index (χ2v) is 5.74. The maximum atomic E-state index is 11.6. The van der Waals surface area contributed by atoms with Crippen molar-refractivity contribution in [2.45, 2.75) is 13.3 Å². The van der Waals surface area contributed by atoms with Gasteiger partial charge in [0.25, 0.3) is 0 Å². The molecular formula is C19H16N6O. The zero-order chi connectivity index (χ0) is 17.9. The lowest BCUT2D eigenvalue weighted by molar-refractivity contribution is -0.115. The van der Waals surface area contributed by atoms with Gasteiger partial charge in [-0.05, 0) is 36.4 Å². The van der Waals surface area contributed by atoms with Crippen LogP contribution in [0.3, 0.4) is 0 Å². The minimum atomic E-state index is -0.0248. The van der Waals surface area contributed by atoms with Crippen molar-refractivity contribution in [1.82, 2.24) is 24.8 Å². The Morgan fingerprint density at radius 1 is 1.08 bits per heavy atom. The van der Waals surface area contributed by atoms with Gasteiger partial charge in [-0.15, -0.1) is 10.2 Å². The summed E-state index contributed by atoms with van der Waals surface area (Å²) in [5, 5.41) is 15.9. The second-order valence-electron chi connectivity index (χ2n) is 5.74. The molecule has 4 rings (SSSR count). The molecule has 0 aliphatic rings. The van der Waals surface area contributed by atoms with Gasteiger partial charge in [0.1, 0.15) is 0 Å². The van der Waals surface area contributed by atoms with Crippen molar-refractivity contribution < 1.29 is 4.79 Å². The molecule has 1 aromatic carbocycles. The Labute approximate surface area is 149 Å². The smallest absolute Gasteiger partial charge is 0.224 e. The fraction of sp³-hybridized carbons (Fsp3) is 0.105. The van der Waals surface area contributed by atoms with Crippen LogP contribution in [0.1, 0.15) is 13.3 Å². The monoisotopic (exact) mass is 344 g/mol. The van der Waals surface area contributed by atoms with Crippen molar-refractivity contribution in [3.8, 4) is 22.6 Å². The van der Waals surface area contributed by atoms with E-state index in [2.05, 4.69) is 25.6 Å². The third-order valence-electron chi connectivity index (χ3n) is 3.95. The molecule has 1 amide bonds. The molecule has 0 fully saturated rings. The predicted molar refractivity (Wildman–Crippen MR) is 98.4 cm³/mol. The average molecular weight is 344 g/mol. The molecule has 0 saturated heterocycles. The van der Waals surface area contributed by atoms with Crippen molar-refractivity contribution in [2.24, 2.45) is 0 Å². The van der Waals surface area contributed by atoms with Crippen LogP contribution in [0.5, 0.6) is 0 Å². The Bertz CT molecular complexity index is 1070. The molecular weight excluding hydrogens is 328 g/mol. The third-order valence-corrected chi connectivity index (χ3v) is 3.95. The minimum absolute atomic E-state index is 0.0248. The lowest BCUT2D eigenvalue weighted by atomic mass is 10.1. The van der Waals surface area contributed by atoms with Crippen LogP contribution >= 0.6 is 0 Å². The van der Waals surface area contributed by atoms with Gasteiger partial charge in [-0.3, -0.25) is 9.78 Å². The number of rotatable bonds is 4. The highest BCUT2D eigenvalue weighted by Gasteiger charge is 2.11. The number of hydrogen-bond donors (Lipinski definition) is 1. The van der Waals surface area contributed by atoms with Crippen molar-refractivity contribution in [3.63, 3.8) is 0 Å². The second kappa shape index (κ2) is 6.72. The molecule has 0 spiro atoms. The van der Waals surface area contributed by atoms with Crippen LogP contribution in [0, 0.1) is 0 Å². The Morgan fingerprint density at radius 3 is 2.77 bits per heavy atom. The van der Waals surface area contributed by atoms with Gasteiger partial charge in [0.15, 0.2) is 11.5 Å². The fourth-order valence-electron chi connectivity index (χ4n) is 2.62. The average Bonchev–Trinajstić information content (AvgIpc) is 3.12. The lowest BCUT2D eigenvalue weighted by Gasteiger charge is -2.07. The zero-order valence-corrected chi connectivity index (χ0v) is 14.1. The summed E-state index contributed by atoms with van der Waals surface area (Å²) in [6.07, 6.45) is 3.87. The molecule has 3 aromatic heterocycles. The molecule has 0 bridgehead atoms. The first kappa shape index (κ1) is 15.9. The number of amides is 1. The van der Waals surface area contributed by atoms with E-state index in [1.807, 2.05) is 55.5 Å². The summed E-state index contributed by atoms with van der Waals surface area (Å²) in [5.41, 5.74) is 3.89. The molecule has 0 aliphatic heterocycles. The Kier molecular flexibility index (Phi) is 4.10. The standard InChI is InChI=1S/C19H16N6O/c1-2-18(26)21-15-7-3-5-13(11-15)16-8-9-17-22-23-19(25(17)24-16)14-6-4-10-20-12-14/h3-12H,2H2,1H3,(H,21,26). The SMILES string of the molecule is CCC(=O)Nc1cccc(-c2ccc3nnc(-c4cccnc4)n3n2)c1. The number of hydrogen-bond acceptors (Lipinski definition) is 5. The fourth-order valence-corrected chi connectivity index (χ4v) is 2.62. The van der Waals surface area contributed by atoms with Crippen LogP contribution in [-0.4, -0.2) is 30.7 Å². The first-order valence-electron chi connectivity index (χ1n) is 8.28. The Hall–Kier alpha value is -3.61. The summed E-state index contributed by atoms with van der Waals surface area (Å²) >= 11 is 0. The number of fused-ring (bicyclic) bond motifs is 1. The summed E-state index contributed by atoms with van der Waals surface area (Å²) in [7, 11) is 0. The normalized spacial score (nSPS) is 10.8. The molecule has 7 heteroatoms. The van der Waals surface area contributed by atoms with Gasteiger partial charge >= 0.3 is 0 Å². The molecule has 1 N–H and O–H groups in total. The van der Waals surface area contributed by atoms with Gasteiger partial charge in [0.2, 0.25) is 5.91 Å². The van der Waals surface area contributed by atoms with Crippen LogP contribution in [0.4, 0.5) is 5.69 Å². The maximum absolute atomic E-state index is 11.6. The molecule has 26 heavy (non-hydrogen) atoms. The quantitative estimate of drug-likeness (QED) is 0.614. The van der Waals surface area contributed by atoms with Gasteiger partial charge in [-0.1, -0.05) is 19.1 Å². The maximum Gasteiger partial charge on any atom is 0.224 e. The van der Waals surface area contributed by atoms with Gasteiger partial charge < -0.3 is 5.32 Å². The molecule has 0 atom stereocenters. The lowest BCUT2D eigenvalue weighted by Crippen LogP contribution is -2.09. The predicted octanol–water partition coefficient (Wildman–Crippen LogP) is 3.20. The molecule has 7 nitrogen and oxygen atoms in total. The highest BCUT2D eigenvalue weighted by molar-refractivity contribution is 5.91. The Morgan fingerprint density at radius 2 is 1.96 bits per heavy atom. The molecule has 0 radical (unpaired) electrons. The highest BCUT2D eigenvalue weighted by atomic mass is 16.1. The van der Waals surface area contributed by atoms with Crippen LogP contribution in [0.2, 0.25) is 0 Å². The van der Waals surface area contributed by atoms with E-state index in [9.17, 15) is 4.79 Å². The van der Waals surface area contributed by atoms with E-state index in [4.69, 9.17) is 0 Å². The topological polar surface area (TPSA) is 85.1 Å². The summed E-state index contributed by atoms with van der Waals surface area (Å²) in [4.78, 5) is 15.7. The van der Waals surface area contributed by atoms with Crippen LogP contribution in [-0.2, 0) is 4.79 Å². The number of carbonyl (C=O) groups is 1. The zero-order valence-electron chi connectivity index (χ0n) is 14.1.